The summed E-state index contributed by atoms with van der Waals surface area (Å²) < 4.78 is 34.7. The summed E-state index contributed by atoms with van der Waals surface area (Å²) in [6.45, 7) is 1.08. The first-order valence-electron chi connectivity index (χ1n) is 11.2. The molecule has 4 rings (SSSR count). The number of carbonyl (C=O) groups excluding carboxylic acids is 1. The Morgan fingerprint density at radius 2 is 1.88 bits per heavy atom. The summed E-state index contributed by atoms with van der Waals surface area (Å²) in [5.41, 5.74) is 2.82. The van der Waals surface area contributed by atoms with Gasteiger partial charge < -0.3 is 4.74 Å². The molecule has 0 radical (unpaired) electrons. The van der Waals surface area contributed by atoms with Crippen molar-refractivity contribution in [2.45, 2.75) is 25.7 Å². The van der Waals surface area contributed by atoms with Gasteiger partial charge in [-0.2, -0.15) is 0 Å². The van der Waals surface area contributed by atoms with Crippen LogP contribution in [0, 0.1) is 11.6 Å². The summed E-state index contributed by atoms with van der Waals surface area (Å²) in [5, 5.41) is 0. The minimum absolute atomic E-state index is 0.124. The molecule has 0 bridgehead atoms. The van der Waals surface area contributed by atoms with E-state index in [4.69, 9.17) is 4.74 Å². The summed E-state index contributed by atoms with van der Waals surface area (Å²) in [6, 6.07) is 16.5. The molecule has 3 aromatic rings. The summed E-state index contributed by atoms with van der Waals surface area (Å²) >= 11 is 3.48. The molecule has 3 aromatic carbocycles. The Labute approximate surface area is 206 Å². The lowest BCUT2D eigenvalue weighted by Gasteiger charge is -2.29. The Morgan fingerprint density at radius 3 is 2.65 bits per heavy atom. The molecule has 4 nitrogen and oxygen atoms in total. The first-order valence-corrected chi connectivity index (χ1v) is 11.9. The zero-order valence-electron chi connectivity index (χ0n) is 18.9. The van der Waals surface area contributed by atoms with Gasteiger partial charge in [-0.05, 0) is 72.4 Å². The molecular formula is C27H25BrF2N2O2. The SMILES string of the molecule is COc1ccc(Br)cc1CCc1c(F)cccc1C1=NCCCN1C(=O)Cc1ccc(F)cc1. The van der Waals surface area contributed by atoms with Crippen LogP contribution in [0.15, 0.2) is 70.1 Å². The van der Waals surface area contributed by atoms with E-state index in [9.17, 15) is 9.18 Å². The average Bonchev–Trinajstić information content (AvgIpc) is 2.84. The maximum Gasteiger partial charge on any atom is 0.232 e. The lowest BCUT2D eigenvalue weighted by atomic mass is 9.97. The fraction of sp³-hybridized carbons (Fsp3) is 0.259. The van der Waals surface area contributed by atoms with Crippen LogP contribution in [0.5, 0.6) is 5.75 Å². The van der Waals surface area contributed by atoms with E-state index in [-0.39, 0.29) is 24.0 Å². The normalized spacial score (nSPS) is 13.5. The summed E-state index contributed by atoms with van der Waals surface area (Å²) in [7, 11) is 1.61. The molecule has 1 heterocycles. The van der Waals surface area contributed by atoms with Crippen molar-refractivity contribution < 1.29 is 18.3 Å². The molecule has 0 saturated carbocycles. The monoisotopic (exact) mass is 526 g/mol. The molecule has 1 aliphatic heterocycles. The minimum Gasteiger partial charge on any atom is -0.496 e. The Morgan fingerprint density at radius 1 is 1.09 bits per heavy atom. The number of hydrogen-bond acceptors (Lipinski definition) is 3. The van der Waals surface area contributed by atoms with Gasteiger partial charge in [0.2, 0.25) is 5.91 Å². The highest BCUT2D eigenvalue weighted by atomic mass is 79.9. The van der Waals surface area contributed by atoms with Gasteiger partial charge >= 0.3 is 0 Å². The zero-order valence-corrected chi connectivity index (χ0v) is 20.4. The maximum atomic E-state index is 15.0. The predicted octanol–water partition coefficient (Wildman–Crippen LogP) is 5.74. The van der Waals surface area contributed by atoms with E-state index in [1.54, 1.807) is 30.2 Å². The smallest absolute Gasteiger partial charge is 0.232 e. The Bertz CT molecular complexity index is 1210. The molecule has 0 N–H and O–H groups in total. The van der Waals surface area contributed by atoms with Crippen LogP contribution in [0.1, 0.15) is 28.7 Å². The lowest BCUT2D eigenvalue weighted by molar-refractivity contribution is -0.126. The molecule has 176 valence electrons. The van der Waals surface area contributed by atoms with Gasteiger partial charge in [-0.3, -0.25) is 14.7 Å². The summed E-state index contributed by atoms with van der Waals surface area (Å²) in [4.78, 5) is 19.4. The van der Waals surface area contributed by atoms with Crippen LogP contribution in [0.3, 0.4) is 0 Å². The molecule has 0 aromatic heterocycles. The topological polar surface area (TPSA) is 41.9 Å². The Balaban J connectivity index is 1.61. The highest BCUT2D eigenvalue weighted by Gasteiger charge is 2.26. The molecule has 0 spiro atoms. The van der Waals surface area contributed by atoms with Gasteiger partial charge in [0.15, 0.2) is 0 Å². The number of nitrogens with zero attached hydrogens (tertiary/aromatic N) is 2. The van der Waals surface area contributed by atoms with Crippen molar-refractivity contribution in [3.05, 3.63) is 99.0 Å². The van der Waals surface area contributed by atoms with E-state index in [1.165, 1.54) is 18.2 Å². The largest absolute Gasteiger partial charge is 0.496 e. The lowest BCUT2D eigenvalue weighted by Crippen LogP contribution is -2.42. The number of hydrogen-bond donors (Lipinski definition) is 0. The van der Waals surface area contributed by atoms with Crippen molar-refractivity contribution >= 4 is 27.7 Å². The molecule has 1 amide bonds. The van der Waals surface area contributed by atoms with Gasteiger partial charge in [-0.1, -0.05) is 40.2 Å². The number of aryl methyl sites for hydroxylation is 1. The van der Waals surface area contributed by atoms with E-state index in [0.29, 0.717) is 42.9 Å². The number of amides is 1. The predicted molar refractivity (Wildman–Crippen MR) is 132 cm³/mol. The quantitative estimate of drug-likeness (QED) is 0.393. The van der Waals surface area contributed by atoms with E-state index >= 15 is 4.39 Å². The minimum atomic E-state index is -0.345. The second kappa shape index (κ2) is 10.9. The number of aliphatic imine (C=N–C) groups is 1. The number of methoxy groups -OCH3 is 1. The Hall–Kier alpha value is -3.06. The summed E-state index contributed by atoms with van der Waals surface area (Å²) in [6.07, 6.45) is 1.85. The third-order valence-corrected chi connectivity index (χ3v) is 6.37. The number of rotatable bonds is 7. The van der Waals surface area contributed by atoms with Crippen LogP contribution in [0.25, 0.3) is 0 Å². The van der Waals surface area contributed by atoms with Gasteiger partial charge in [0.1, 0.15) is 23.2 Å². The molecule has 0 aliphatic carbocycles. The molecule has 1 aliphatic rings. The third-order valence-electron chi connectivity index (χ3n) is 5.87. The second-order valence-corrected chi connectivity index (χ2v) is 9.05. The number of ether oxygens (including phenoxy) is 1. The number of benzene rings is 3. The highest BCUT2D eigenvalue weighted by molar-refractivity contribution is 9.10. The Kier molecular flexibility index (Phi) is 7.73. The van der Waals surface area contributed by atoms with Crippen LogP contribution in [-0.2, 0) is 24.1 Å². The van der Waals surface area contributed by atoms with Gasteiger partial charge in [0.05, 0.1) is 13.5 Å². The standard InChI is InChI=1S/C27H25BrF2N2O2/c1-34-25-13-9-20(28)17-19(25)8-12-22-23(4-2-5-24(22)30)27-31-14-3-15-32(27)26(33)16-18-6-10-21(29)11-7-18/h2,4-7,9-11,13,17H,3,8,12,14-16H2,1H3. The first-order chi connectivity index (χ1) is 16.5. The van der Waals surface area contributed by atoms with Crippen molar-refractivity contribution in [1.82, 2.24) is 4.90 Å². The first kappa shape index (κ1) is 24.1. The number of amidine groups is 1. The van der Waals surface area contributed by atoms with Crippen LogP contribution in [0.4, 0.5) is 8.78 Å². The van der Waals surface area contributed by atoms with Crippen LogP contribution in [-0.4, -0.2) is 36.8 Å². The van der Waals surface area contributed by atoms with Crippen LogP contribution < -0.4 is 4.74 Å². The zero-order chi connectivity index (χ0) is 24.1. The molecule has 7 heteroatoms. The van der Waals surface area contributed by atoms with E-state index < -0.39 is 0 Å². The molecule has 0 atom stereocenters. The van der Waals surface area contributed by atoms with E-state index in [2.05, 4.69) is 20.9 Å². The third kappa shape index (κ3) is 5.53. The molecule has 34 heavy (non-hydrogen) atoms. The van der Waals surface area contributed by atoms with Crippen LogP contribution >= 0.6 is 15.9 Å². The van der Waals surface area contributed by atoms with E-state index in [0.717, 1.165) is 27.8 Å². The fourth-order valence-electron chi connectivity index (χ4n) is 4.18. The fourth-order valence-corrected chi connectivity index (χ4v) is 4.58. The molecule has 0 saturated heterocycles. The van der Waals surface area contributed by atoms with E-state index in [1.807, 2.05) is 24.3 Å². The molecule has 0 fully saturated rings. The van der Waals surface area contributed by atoms with Crippen molar-refractivity contribution in [3.63, 3.8) is 0 Å². The van der Waals surface area contributed by atoms with Gasteiger partial charge in [-0.15, -0.1) is 0 Å². The average molecular weight is 527 g/mol. The molecule has 0 unspecified atom stereocenters. The van der Waals surface area contributed by atoms with Crippen molar-refractivity contribution in [2.24, 2.45) is 4.99 Å². The summed E-state index contributed by atoms with van der Waals surface area (Å²) in [5.74, 6) is 0.420. The number of carbonyl (C=O) groups is 1. The van der Waals surface area contributed by atoms with Crippen molar-refractivity contribution in [2.75, 3.05) is 20.2 Å². The van der Waals surface area contributed by atoms with Crippen LogP contribution in [0.2, 0.25) is 0 Å². The van der Waals surface area contributed by atoms with Gasteiger partial charge in [0.25, 0.3) is 0 Å². The van der Waals surface area contributed by atoms with Gasteiger partial charge in [0, 0.05) is 23.1 Å². The maximum absolute atomic E-state index is 15.0. The van der Waals surface area contributed by atoms with Gasteiger partial charge in [-0.25, -0.2) is 8.78 Å². The number of halogens is 3. The highest BCUT2D eigenvalue weighted by Crippen LogP contribution is 2.27. The van der Waals surface area contributed by atoms with Crippen molar-refractivity contribution in [1.29, 1.82) is 0 Å². The molecular weight excluding hydrogens is 502 g/mol. The second-order valence-electron chi connectivity index (χ2n) is 8.13. The van der Waals surface area contributed by atoms with Crippen molar-refractivity contribution in [3.8, 4) is 5.75 Å².